The third kappa shape index (κ3) is 6.13. The fraction of sp³-hybridized carbons (Fsp3) is 0.357. The molecule has 0 spiro atoms. The number of amides is 2. The largest absolute Gasteiger partial charge is 0.452 e. The molecule has 0 aromatic heterocycles. The van der Waals surface area contributed by atoms with Crippen LogP contribution in [0.15, 0.2) is 22.7 Å². The number of carbonyl (C=O) groups is 3. The molecule has 1 aromatic carbocycles. The number of anilines is 1. The normalized spacial score (nSPS) is 10.2. The maximum Gasteiger partial charge on any atom is 0.340 e. The summed E-state index contributed by atoms with van der Waals surface area (Å²) >= 11 is 3.22. The van der Waals surface area contributed by atoms with E-state index < -0.39 is 18.5 Å². The summed E-state index contributed by atoms with van der Waals surface area (Å²) < 4.78 is 5.53. The molecule has 0 aliphatic heterocycles. The number of carbonyl (C=O) groups excluding carboxylic acids is 3. The molecule has 120 valence electrons. The van der Waals surface area contributed by atoms with Gasteiger partial charge in [-0.05, 0) is 32.0 Å². The summed E-state index contributed by atoms with van der Waals surface area (Å²) in [4.78, 5) is 34.7. The van der Waals surface area contributed by atoms with Gasteiger partial charge >= 0.3 is 5.97 Å². The number of rotatable bonds is 6. The number of halogens is 1. The minimum absolute atomic E-state index is 0.0123. The van der Waals surface area contributed by atoms with Crippen LogP contribution in [0.3, 0.4) is 0 Å². The molecule has 8 heteroatoms. The van der Waals surface area contributed by atoms with E-state index >= 15 is 0 Å². The summed E-state index contributed by atoms with van der Waals surface area (Å²) in [5.74, 6) is -1.59. The van der Waals surface area contributed by atoms with Crippen LogP contribution in [0.4, 0.5) is 5.69 Å². The van der Waals surface area contributed by atoms with Gasteiger partial charge in [-0.1, -0.05) is 15.9 Å². The van der Waals surface area contributed by atoms with Gasteiger partial charge in [-0.3, -0.25) is 9.59 Å². The van der Waals surface area contributed by atoms with Crippen molar-refractivity contribution in [2.75, 3.05) is 18.9 Å². The minimum Gasteiger partial charge on any atom is -0.452 e. The maximum atomic E-state index is 11.8. The number of hydrogen-bond donors (Lipinski definition) is 3. The molecule has 0 saturated carbocycles. The molecule has 0 fully saturated rings. The Hall–Kier alpha value is -2.09. The van der Waals surface area contributed by atoms with Gasteiger partial charge in [-0.2, -0.15) is 0 Å². The van der Waals surface area contributed by atoms with E-state index in [2.05, 4.69) is 26.6 Å². The SMILES string of the molecule is CC(C)NC(=O)CNC(=O)COC(=O)c1cc(Br)ccc1N. The second-order valence-corrected chi connectivity index (χ2v) is 5.72. The van der Waals surface area contributed by atoms with Crippen LogP contribution in [-0.4, -0.2) is 37.0 Å². The van der Waals surface area contributed by atoms with Crippen molar-refractivity contribution in [1.82, 2.24) is 10.6 Å². The Bertz CT molecular complexity index is 575. The average Bonchev–Trinajstić information content (AvgIpc) is 2.44. The number of hydrogen-bond acceptors (Lipinski definition) is 5. The lowest BCUT2D eigenvalue weighted by molar-refractivity contribution is -0.128. The van der Waals surface area contributed by atoms with Crippen molar-refractivity contribution in [2.24, 2.45) is 0 Å². The molecule has 1 aromatic rings. The Labute approximate surface area is 136 Å². The topological polar surface area (TPSA) is 111 Å². The van der Waals surface area contributed by atoms with Gasteiger partial charge in [-0.25, -0.2) is 4.79 Å². The summed E-state index contributed by atoms with van der Waals surface area (Å²) in [5.41, 5.74) is 6.09. The van der Waals surface area contributed by atoms with Gasteiger partial charge in [-0.15, -0.1) is 0 Å². The Morgan fingerprint density at radius 2 is 1.95 bits per heavy atom. The van der Waals surface area contributed by atoms with E-state index in [4.69, 9.17) is 10.5 Å². The van der Waals surface area contributed by atoms with Crippen LogP contribution in [-0.2, 0) is 14.3 Å². The molecular weight excluding hydrogens is 354 g/mol. The molecule has 0 unspecified atom stereocenters. The highest BCUT2D eigenvalue weighted by Gasteiger charge is 2.14. The van der Waals surface area contributed by atoms with E-state index in [0.717, 1.165) is 0 Å². The van der Waals surface area contributed by atoms with Crippen molar-refractivity contribution in [3.63, 3.8) is 0 Å². The number of ether oxygens (including phenoxy) is 1. The van der Waals surface area contributed by atoms with Crippen LogP contribution in [0.5, 0.6) is 0 Å². The van der Waals surface area contributed by atoms with Crippen molar-refractivity contribution in [1.29, 1.82) is 0 Å². The molecule has 0 atom stereocenters. The summed E-state index contributed by atoms with van der Waals surface area (Å²) in [6.07, 6.45) is 0. The molecule has 4 N–H and O–H groups in total. The first-order valence-electron chi connectivity index (χ1n) is 6.57. The number of nitrogens with two attached hydrogens (primary N) is 1. The predicted molar refractivity (Wildman–Crippen MR) is 85.1 cm³/mol. The fourth-order valence-electron chi connectivity index (χ4n) is 1.52. The van der Waals surface area contributed by atoms with Crippen molar-refractivity contribution in [3.8, 4) is 0 Å². The Morgan fingerprint density at radius 3 is 2.59 bits per heavy atom. The number of nitrogens with one attached hydrogen (secondary N) is 2. The smallest absolute Gasteiger partial charge is 0.340 e. The van der Waals surface area contributed by atoms with Crippen LogP contribution in [0.2, 0.25) is 0 Å². The molecule has 0 radical (unpaired) electrons. The summed E-state index contributed by atoms with van der Waals surface area (Å²) in [5, 5.41) is 4.97. The van der Waals surface area contributed by atoms with E-state index in [1.165, 1.54) is 6.07 Å². The molecular formula is C14H18BrN3O4. The maximum absolute atomic E-state index is 11.8. The van der Waals surface area contributed by atoms with Gasteiger partial charge in [0.25, 0.3) is 5.91 Å². The van der Waals surface area contributed by atoms with Gasteiger partial charge in [0.15, 0.2) is 6.61 Å². The summed E-state index contributed by atoms with van der Waals surface area (Å²) in [7, 11) is 0. The van der Waals surface area contributed by atoms with Crippen molar-refractivity contribution in [2.45, 2.75) is 19.9 Å². The highest BCUT2D eigenvalue weighted by atomic mass is 79.9. The first kappa shape index (κ1) is 18.0. The molecule has 1 rings (SSSR count). The van der Waals surface area contributed by atoms with Crippen molar-refractivity contribution >= 4 is 39.4 Å². The Kier molecular flexibility index (Phi) is 6.84. The van der Waals surface area contributed by atoms with Crippen LogP contribution in [0.1, 0.15) is 24.2 Å². The van der Waals surface area contributed by atoms with Gasteiger partial charge in [0.1, 0.15) is 0 Å². The van der Waals surface area contributed by atoms with Gasteiger partial charge in [0, 0.05) is 16.2 Å². The van der Waals surface area contributed by atoms with Crippen molar-refractivity contribution in [3.05, 3.63) is 28.2 Å². The summed E-state index contributed by atoms with van der Waals surface area (Å²) in [6.45, 7) is 2.96. The van der Waals surface area contributed by atoms with E-state index in [9.17, 15) is 14.4 Å². The lowest BCUT2D eigenvalue weighted by Crippen LogP contribution is -2.41. The second-order valence-electron chi connectivity index (χ2n) is 4.81. The predicted octanol–water partition coefficient (Wildman–Crippen LogP) is 0.829. The van der Waals surface area contributed by atoms with E-state index in [1.54, 1.807) is 12.1 Å². The van der Waals surface area contributed by atoms with E-state index in [-0.39, 0.29) is 29.7 Å². The molecule has 22 heavy (non-hydrogen) atoms. The van der Waals surface area contributed by atoms with Gasteiger partial charge < -0.3 is 21.1 Å². The van der Waals surface area contributed by atoms with Crippen LogP contribution >= 0.6 is 15.9 Å². The zero-order chi connectivity index (χ0) is 16.7. The highest BCUT2D eigenvalue weighted by molar-refractivity contribution is 9.10. The van der Waals surface area contributed by atoms with Gasteiger partial charge in [0.05, 0.1) is 12.1 Å². The molecule has 2 amide bonds. The fourth-order valence-corrected chi connectivity index (χ4v) is 1.88. The number of esters is 1. The van der Waals surface area contributed by atoms with E-state index in [0.29, 0.717) is 4.47 Å². The second kappa shape index (κ2) is 8.38. The van der Waals surface area contributed by atoms with E-state index in [1.807, 2.05) is 13.8 Å². The quantitative estimate of drug-likeness (QED) is 0.506. The molecule has 7 nitrogen and oxygen atoms in total. The molecule has 0 heterocycles. The first-order valence-corrected chi connectivity index (χ1v) is 7.37. The lowest BCUT2D eigenvalue weighted by atomic mass is 10.2. The van der Waals surface area contributed by atoms with Crippen molar-refractivity contribution < 1.29 is 19.1 Å². The van der Waals surface area contributed by atoms with Crippen LogP contribution < -0.4 is 16.4 Å². The Morgan fingerprint density at radius 1 is 1.27 bits per heavy atom. The minimum atomic E-state index is -0.708. The van der Waals surface area contributed by atoms with Gasteiger partial charge in [0.2, 0.25) is 5.91 Å². The molecule has 0 saturated heterocycles. The third-order valence-electron chi connectivity index (χ3n) is 2.47. The first-order chi connectivity index (χ1) is 10.3. The number of nitrogen functional groups attached to an aromatic ring is 1. The Balaban J connectivity index is 2.42. The zero-order valence-corrected chi connectivity index (χ0v) is 13.9. The third-order valence-corrected chi connectivity index (χ3v) is 2.96. The lowest BCUT2D eigenvalue weighted by Gasteiger charge is -2.10. The molecule has 0 bridgehead atoms. The van der Waals surface area contributed by atoms with Crippen LogP contribution in [0.25, 0.3) is 0 Å². The monoisotopic (exact) mass is 371 g/mol. The highest BCUT2D eigenvalue weighted by Crippen LogP contribution is 2.19. The average molecular weight is 372 g/mol. The number of benzene rings is 1. The zero-order valence-electron chi connectivity index (χ0n) is 12.3. The molecule has 0 aliphatic rings. The summed E-state index contributed by atoms with van der Waals surface area (Å²) in [6, 6.07) is 4.73. The van der Waals surface area contributed by atoms with Crippen LogP contribution in [0, 0.1) is 0 Å². The standard InChI is InChI=1S/C14H18BrN3O4/c1-8(2)18-12(19)6-17-13(20)7-22-14(21)10-5-9(15)3-4-11(10)16/h3-5,8H,6-7,16H2,1-2H3,(H,17,20)(H,18,19). The molecule has 0 aliphatic carbocycles.